The summed E-state index contributed by atoms with van der Waals surface area (Å²) in [6, 6.07) is 3.86. The lowest BCUT2D eigenvalue weighted by Gasteiger charge is -2.48. The van der Waals surface area contributed by atoms with E-state index in [4.69, 9.17) is 0 Å². The quantitative estimate of drug-likeness (QED) is 0.579. The fraction of sp³-hybridized carbons (Fsp3) is 0.700. The average molecular weight is 444 g/mol. The van der Waals surface area contributed by atoms with Crippen molar-refractivity contribution in [2.24, 2.45) is 23.2 Å². The summed E-state index contributed by atoms with van der Waals surface area (Å²) in [5.74, 6) is 2.56. The Balaban J connectivity index is 1.10. The Bertz CT molecular complexity index is 975. The highest BCUT2D eigenvalue weighted by Gasteiger charge is 2.53. The van der Waals surface area contributed by atoms with Gasteiger partial charge < -0.3 is 4.90 Å². The number of nitrogens with zero attached hydrogens (tertiary/aromatic N) is 3. The lowest BCUT2D eigenvalue weighted by atomic mass is 9.62. The maximum Gasteiger partial charge on any atom is 0.0315 e. The van der Waals surface area contributed by atoms with Gasteiger partial charge in [0.15, 0.2) is 0 Å². The predicted octanol–water partition coefficient (Wildman–Crippen LogP) is 5.77. The molecule has 0 radical (unpaired) electrons. The molecule has 2 saturated carbocycles. The second kappa shape index (κ2) is 8.05. The number of aromatic nitrogens is 1. The van der Waals surface area contributed by atoms with Gasteiger partial charge in [0.05, 0.1) is 0 Å². The standard InChI is InChI=1S/C30H41N3/c1-30-12-9-24-17-22-3-5-26(32-14-2-15-32)18-23(22)4-6-27(24)28(30)7-8-29(30)33-16-11-21-10-13-31-19-25(21)20-33/h9-10,13,17,19,23,26-29H,2-8,11-12,14-16,18,20H2,1H3. The van der Waals surface area contributed by atoms with Crippen LogP contribution in [0.15, 0.2) is 41.8 Å². The van der Waals surface area contributed by atoms with Crippen molar-refractivity contribution >= 4 is 0 Å². The Morgan fingerprint density at radius 2 is 1.91 bits per heavy atom. The molecule has 0 spiro atoms. The van der Waals surface area contributed by atoms with Crippen LogP contribution in [0.5, 0.6) is 0 Å². The van der Waals surface area contributed by atoms with E-state index in [2.05, 4.69) is 46.1 Å². The van der Waals surface area contributed by atoms with Crippen molar-refractivity contribution in [2.75, 3.05) is 19.6 Å². The van der Waals surface area contributed by atoms with Crippen LogP contribution in [0.1, 0.15) is 75.8 Å². The highest BCUT2D eigenvalue weighted by molar-refractivity contribution is 5.35. The summed E-state index contributed by atoms with van der Waals surface area (Å²) < 4.78 is 0. The molecule has 6 unspecified atom stereocenters. The summed E-state index contributed by atoms with van der Waals surface area (Å²) in [5, 5.41) is 0. The Morgan fingerprint density at radius 1 is 0.970 bits per heavy atom. The zero-order valence-corrected chi connectivity index (χ0v) is 20.5. The molecule has 3 fully saturated rings. The summed E-state index contributed by atoms with van der Waals surface area (Å²) >= 11 is 0. The summed E-state index contributed by atoms with van der Waals surface area (Å²) in [4.78, 5) is 10.1. The van der Waals surface area contributed by atoms with Crippen LogP contribution < -0.4 is 0 Å². The van der Waals surface area contributed by atoms with Crippen LogP contribution in [-0.2, 0) is 13.0 Å². The smallest absolute Gasteiger partial charge is 0.0315 e. The molecule has 1 aromatic heterocycles. The normalized spacial score (nSPS) is 40.9. The van der Waals surface area contributed by atoms with Gasteiger partial charge in [-0.25, -0.2) is 0 Å². The van der Waals surface area contributed by atoms with Crippen LogP contribution in [0.25, 0.3) is 0 Å². The van der Waals surface area contributed by atoms with E-state index in [-0.39, 0.29) is 0 Å². The molecule has 3 heterocycles. The first-order valence-electron chi connectivity index (χ1n) is 14.0. The second-order valence-electron chi connectivity index (χ2n) is 12.4. The Morgan fingerprint density at radius 3 is 2.79 bits per heavy atom. The Labute approximate surface area is 200 Å². The zero-order chi connectivity index (χ0) is 22.0. The van der Waals surface area contributed by atoms with Gasteiger partial charge in [-0.15, -0.1) is 0 Å². The van der Waals surface area contributed by atoms with Gasteiger partial charge in [-0.1, -0.05) is 24.6 Å². The van der Waals surface area contributed by atoms with Gasteiger partial charge >= 0.3 is 0 Å². The summed E-state index contributed by atoms with van der Waals surface area (Å²) in [6.45, 7) is 7.73. The number of hydrogen-bond donors (Lipinski definition) is 0. The lowest BCUT2D eigenvalue weighted by Crippen LogP contribution is -2.49. The van der Waals surface area contributed by atoms with E-state index in [0.717, 1.165) is 36.4 Å². The minimum absolute atomic E-state index is 0.446. The minimum atomic E-state index is 0.446. The monoisotopic (exact) mass is 443 g/mol. The topological polar surface area (TPSA) is 19.4 Å². The first kappa shape index (κ1) is 20.9. The average Bonchev–Trinajstić information content (AvgIpc) is 3.04. The van der Waals surface area contributed by atoms with E-state index in [1.54, 1.807) is 5.57 Å². The molecule has 0 bridgehead atoms. The maximum atomic E-state index is 4.44. The second-order valence-corrected chi connectivity index (χ2v) is 12.4. The van der Waals surface area contributed by atoms with Gasteiger partial charge in [0, 0.05) is 37.6 Å². The van der Waals surface area contributed by atoms with E-state index < -0.39 is 0 Å². The fourth-order valence-electron chi connectivity index (χ4n) is 8.98. The van der Waals surface area contributed by atoms with E-state index in [9.17, 15) is 0 Å². The fourth-order valence-corrected chi connectivity index (χ4v) is 8.98. The van der Waals surface area contributed by atoms with Gasteiger partial charge in [-0.3, -0.25) is 9.88 Å². The van der Waals surface area contributed by atoms with Crippen LogP contribution in [0, 0.1) is 23.2 Å². The van der Waals surface area contributed by atoms with Crippen molar-refractivity contribution in [3.05, 3.63) is 52.9 Å². The van der Waals surface area contributed by atoms with Gasteiger partial charge in [-0.2, -0.15) is 0 Å². The number of hydrogen-bond acceptors (Lipinski definition) is 3. The van der Waals surface area contributed by atoms with E-state index in [1.807, 2.05) is 11.8 Å². The molecule has 4 aliphatic carbocycles. The third-order valence-electron chi connectivity index (χ3n) is 11.0. The minimum Gasteiger partial charge on any atom is -0.300 e. The summed E-state index contributed by atoms with van der Waals surface area (Å²) in [5.41, 5.74) is 7.01. The van der Waals surface area contributed by atoms with Gasteiger partial charge in [0.25, 0.3) is 0 Å². The van der Waals surface area contributed by atoms with E-state index in [0.29, 0.717) is 5.41 Å². The molecule has 176 valence electrons. The molecule has 1 saturated heterocycles. The molecule has 7 rings (SSSR count). The van der Waals surface area contributed by atoms with Crippen LogP contribution >= 0.6 is 0 Å². The van der Waals surface area contributed by atoms with Crippen molar-refractivity contribution in [1.82, 2.24) is 14.8 Å². The van der Waals surface area contributed by atoms with Crippen LogP contribution in [-0.4, -0.2) is 46.5 Å². The maximum absolute atomic E-state index is 4.44. The largest absolute Gasteiger partial charge is 0.300 e. The first-order chi connectivity index (χ1) is 16.2. The number of fused-ring (bicyclic) bond motifs is 5. The van der Waals surface area contributed by atoms with Crippen molar-refractivity contribution in [3.8, 4) is 0 Å². The Kier molecular flexibility index (Phi) is 5.10. The van der Waals surface area contributed by atoms with E-state index >= 15 is 0 Å². The molecule has 3 nitrogen and oxygen atoms in total. The van der Waals surface area contributed by atoms with Crippen molar-refractivity contribution in [1.29, 1.82) is 0 Å². The highest BCUT2D eigenvalue weighted by atomic mass is 15.2. The van der Waals surface area contributed by atoms with Gasteiger partial charge in [0.2, 0.25) is 0 Å². The number of likely N-dealkylation sites (tertiary alicyclic amines) is 1. The molecule has 3 heteroatoms. The van der Waals surface area contributed by atoms with Crippen LogP contribution in [0.3, 0.4) is 0 Å². The third kappa shape index (κ3) is 3.40. The molecule has 6 atom stereocenters. The molecule has 0 N–H and O–H groups in total. The van der Waals surface area contributed by atoms with E-state index in [1.165, 1.54) is 95.0 Å². The molecular weight excluding hydrogens is 402 g/mol. The Hall–Kier alpha value is -1.45. The van der Waals surface area contributed by atoms with Gasteiger partial charge in [-0.05, 0) is 123 Å². The molecule has 6 aliphatic rings. The van der Waals surface area contributed by atoms with Crippen LogP contribution in [0.2, 0.25) is 0 Å². The number of pyridine rings is 1. The lowest BCUT2D eigenvalue weighted by molar-refractivity contribution is 0.0413. The van der Waals surface area contributed by atoms with Gasteiger partial charge in [0.1, 0.15) is 0 Å². The molecule has 1 aromatic rings. The zero-order valence-electron chi connectivity index (χ0n) is 20.5. The molecule has 2 aliphatic heterocycles. The van der Waals surface area contributed by atoms with Crippen molar-refractivity contribution in [2.45, 2.75) is 89.8 Å². The molecule has 0 amide bonds. The summed E-state index contributed by atoms with van der Waals surface area (Å²) in [7, 11) is 0. The SMILES string of the molecule is CC12CC=C3C=C4CCC(N5CCC5)CC4CCC3C1CCC2N1CCc2ccncc2C1. The van der Waals surface area contributed by atoms with Crippen LogP contribution in [0.4, 0.5) is 0 Å². The number of rotatable bonds is 2. The molecule has 0 aromatic carbocycles. The summed E-state index contributed by atoms with van der Waals surface area (Å²) in [6.07, 6.45) is 23.4. The molecule has 33 heavy (non-hydrogen) atoms. The van der Waals surface area contributed by atoms with Crippen molar-refractivity contribution < 1.29 is 0 Å². The predicted molar refractivity (Wildman–Crippen MR) is 134 cm³/mol. The first-order valence-corrected chi connectivity index (χ1v) is 14.0. The molecular formula is C30H41N3. The van der Waals surface area contributed by atoms with Crippen molar-refractivity contribution in [3.63, 3.8) is 0 Å². The third-order valence-corrected chi connectivity index (χ3v) is 11.0. The highest BCUT2D eigenvalue weighted by Crippen LogP contribution is 2.58. The number of allylic oxidation sites excluding steroid dienone is 4.